The van der Waals surface area contributed by atoms with Gasteiger partial charge in [-0.2, -0.15) is 0 Å². The summed E-state index contributed by atoms with van der Waals surface area (Å²) in [5.41, 5.74) is 4.50. The molecular weight excluding hydrogens is 230 g/mol. The second kappa shape index (κ2) is 8.48. The summed E-state index contributed by atoms with van der Waals surface area (Å²) in [5, 5.41) is 8.95. The van der Waals surface area contributed by atoms with Gasteiger partial charge in [-0.15, -0.1) is 0 Å². The van der Waals surface area contributed by atoms with Crippen molar-refractivity contribution in [1.29, 1.82) is 0 Å². The third-order valence-electron chi connectivity index (χ3n) is 3.36. The second-order valence-corrected chi connectivity index (χ2v) is 5.49. The molecule has 0 radical (unpaired) electrons. The number of hydrogen-bond donors (Lipinski definition) is 2. The second-order valence-electron chi connectivity index (χ2n) is 5.49. The zero-order valence-corrected chi connectivity index (χ0v) is 12.2. The van der Waals surface area contributed by atoms with Crippen LogP contribution in [0.5, 0.6) is 0 Å². The molecule has 0 fully saturated rings. The zero-order valence-electron chi connectivity index (χ0n) is 12.2. The normalized spacial score (nSPS) is 18.1. The molecule has 0 saturated heterocycles. The molecule has 0 rings (SSSR count). The van der Waals surface area contributed by atoms with Gasteiger partial charge in [0.2, 0.25) is 0 Å². The first-order valence-corrected chi connectivity index (χ1v) is 6.97. The molecule has 0 aliphatic rings. The first kappa shape index (κ1) is 17.4. The number of nitrogens with two attached hydrogens (primary N) is 1. The summed E-state index contributed by atoms with van der Waals surface area (Å²) in [7, 11) is 0. The summed E-state index contributed by atoms with van der Waals surface area (Å²) < 4.78 is 5.73. The molecule has 0 spiro atoms. The predicted octanol–water partition coefficient (Wildman–Crippen LogP) is 2.80. The van der Waals surface area contributed by atoms with E-state index in [2.05, 4.69) is 13.8 Å². The SMILES string of the molecule is CCCCC(CC)COC(C)CC(C)(N)C(=O)O. The number of carbonyl (C=O) groups is 1. The molecule has 0 bridgehead atoms. The number of carboxylic acid groups (broad SMARTS) is 1. The van der Waals surface area contributed by atoms with E-state index in [-0.39, 0.29) is 6.10 Å². The van der Waals surface area contributed by atoms with Crippen LogP contribution >= 0.6 is 0 Å². The van der Waals surface area contributed by atoms with Crippen molar-refractivity contribution in [2.75, 3.05) is 6.61 Å². The van der Waals surface area contributed by atoms with E-state index in [1.165, 1.54) is 26.2 Å². The van der Waals surface area contributed by atoms with Crippen LogP contribution in [0.3, 0.4) is 0 Å². The van der Waals surface area contributed by atoms with Gasteiger partial charge >= 0.3 is 5.97 Å². The van der Waals surface area contributed by atoms with Gasteiger partial charge in [-0.3, -0.25) is 4.79 Å². The minimum absolute atomic E-state index is 0.119. The maximum Gasteiger partial charge on any atom is 0.323 e. The van der Waals surface area contributed by atoms with Gasteiger partial charge < -0.3 is 15.6 Å². The Morgan fingerprint density at radius 2 is 2.06 bits per heavy atom. The van der Waals surface area contributed by atoms with Crippen molar-refractivity contribution in [3.05, 3.63) is 0 Å². The van der Waals surface area contributed by atoms with Crippen LogP contribution in [0, 0.1) is 5.92 Å². The summed E-state index contributed by atoms with van der Waals surface area (Å²) >= 11 is 0. The molecule has 108 valence electrons. The van der Waals surface area contributed by atoms with Crippen LogP contribution in [-0.2, 0) is 9.53 Å². The Labute approximate surface area is 111 Å². The van der Waals surface area contributed by atoms with Gasteiger partial charge in [-0.1, -0.05) is 33.1 Å². The van der Waals surface area contributed by atoms with Crippen molar-refractivity contribution in [3.63, 3.8) is 0 Å². The fourth-order valence-electron chi connectivity index (χ4n) is 1.94. The number of rotatable bonds is 10. The van der Waals surface area contributed by atoms with Crippen LogP contribution in [0.25, 0.3) is 0 Å². The smallest absolute Gasteiger partial charge is 0.323 e. The van der Waals surface area contributed by atoms with E-state index in [4.69, 9.17) is 15.6 Å². The van der Waals surface area contributed by atoms with Crippen molar-refractivity contribution >= 4 is 5.97 Å². The Morgan fingerprint density at radius 1 is 1.44 bits per heavy atom. The average molecular weight is 259 g/mol. The van der Waals surface area contributed by atoms with E-state index in [9.17, 15) is 4.79 Å². The Kier molecular flexibility index (Phi) is 8.20. The van der Waals surface area contributed by atoms with Gasteiger partial charge in [0.15, 0.2) is 0 Å². The molecule has 3 atom stereocenters. The highest BCUT2D eigenvalue weighted by atomic mass is 16.5. The highest BCUT2D eigenvalue weighted by Crippen LogP contribution is 2.17. The molecule has 0 aromatic carbocycles. The van der Waals surface area contributed by atoms with E-state index < -0.39 is 11.5 Å². The quantitative estimate of drug-likeness (QED) is 0.632. The van der Waals surface area contributed by atoms with Crippen LogP contribution in [0.15, 0.2) is 0 Å². The molecule has 0 aliphatic heterocycles. The first-order valence-electron chi connectivity index (χ1n) is 6.97. The molecule has 0 aromatic rings. The van der Waals surface area contributed by atoms with Gasteiger partial charge in [-0.05, 0) is 26.2 Å². The lowest BCUT2D eigenvalue weighted by Gasteiger charge is -2.25. The molecule has 0 aliphatic carbocycles. The van der Waals surface area contributed by atoms with E-state index in [0.717, 1.165) is 6.42 Å². The third-order valence-corrected chi connectivity index (χ3v) is 3.36. The maximum absolute atomic E-state index is 10.9. The standard InChI is InChI=1S/C14H29NO3/c1-5-7-8-12(6-2)10-18-11(3)9-14(4,15)13(16)17/h11-12H,5-10,15H2,1-4H3,(H,16,17). The fraction of sp³-hybridized carbons (Fsp3) is 0.929. The number of hydrogen-bond acceptors (Lipinski definition) is 3. The Hall–Kier alpha value is -0.610. The average Bonchev–Trinajstić information content (AvgIpc) is 2.28. The van der Waals surface area contributed by atoms with E-state index in [1.54, 1.807) is 0 Å². The van der Waals surface area contributed by atoms with Gasteiger partial charge in [0, 0.05) is 13.0 Å². The Bertz CT molecular complexity index is 241. The minimum atomic E-state index is -1.20. The molecule has 4 heteroatoms. The molecule has 18 heavy (non-hydrogen) atoms. The van der Waals surface area contributed by atoms with E-state index >= 15 is 0 Å². The van der Waals surface area contributed by atoms with Gasteiger partial charge in [0.1, 0.15) is 5.54 Å². The monoisotopic (exact) mass is 259 g/mol. The molecule has 3 unspecified atom stereocenters. The number of unbranched alkanes of at least 4 members (excludes halogenated alkanes) is 1. The molecule has 0 heterocycles. The zero-order chi connectivity index (χ0) is 14.2. The summed E-state index contributed by atoms with van der Waals surface area (Å²) in [5.74, 6) is -0.405. The third kappa shape index (κ3) is 6.97. The van der Waals surface area contributed by atoms with Crippen molar-refractivity contribution in [2.45, 2.75) is 71.4 Å². The van der Waals surface area contributed by atoms with Crippen LogP contribution in [0.1, 0.15) is 59.8 Å². The Morgan fingerprint density at radius 3 is 2.50 bits per heavy atom. The van der Waals surface area contributed by atoms with Crippen LogP contribution in [0.4, 0.5) is 0 Å². The summed E-state index contributed by atoms with van der Waals surface area (Å²) in [6, 6.07) is 0. The lowest BCUT2D eigenvalue weighted by atomic mass is 9.96. The number of aliphatic carboxylic acids is 1. The molecule has 3 N–H and O–H groups in total. The van der Waals surface area contributed by atoms with E-state index in [0.29, 0.717) is 18.9 Å². The van der Waals surface area contributed by atoms with E-state index in [1.807, 2.05) is 6.92 Å². The molecule has 0 aromatic heterocycles. The molecule has 0 amide bonds. The maximum atomic E-state index is 10.9. The topological polar surface area (TPSA) is 72.5 Å². The number of ether oxygens (including phenoxy) is 1. The lowest BCUT2D eigenvalue weighted by molar-refractivity contribution is -0.144. The minimum Gasteiger partial charge on any atom is -0.480 e. The fourth-order valence-corrected chi connectivity index (χ4v) is 1.94. The lowest BCUT2D eigenvalue weighted by Crippen LogP contribution is -2.47. The van der Waals surface area contributed by atoms with Gasteiger partial charge in [0.25, 0.3) is 0 Å². The molecule has 4 nitrogen and oxygen atoms in total. The summed E-state index contributed by atoms with van der Waals surface area (Å²) in [6.45, 7) is 8.47. The van der Waals surface area contributed by atoms with Gasteiger partial charge in [-0.25, -0.2) is 0 Å². The highest BCUT2D eigenvalue weighted by Gasteiger charge is 2.30. The van der Waals surface area contributed by atoms with Crippen molar-refractivity contribution in [2.24, 2.45) is 11.7 Å². The largest absolute Gasteiger partial charge is 0.480 e. The number of carboxylic acids is 1. The van der Waals surface area contributed by atoms with Crippen molar-refractivity contribution in [3.8, 4) is 0 Å². The van der Waals surface area contributed by atoms with Crippen molar-refractivity contribution < 1.29 is 14.6 Å². The van der Waals surface area contributed by atoms with Crippen LogP contribution in [-0.4, -0.2) is 29.3 Å². The van der Waals surface area contributed by atoms with Crippen LogP contribution in [0.2, 0.25) is 0 Å². The molecular formula is C14H29NO3. The first-order chi connectivity index (χ1) is 8.33. The summed E-state index contributed by atoms with van der Waals surface area (Å²) in [6.07, 6.45) is 4.93. The Balaban J connectivity index is 4.01. The summed E-state index contributed by atoms with van der Waals surface area (Å²) in [4.78, 5) is 10.9. The predicted molar refractivity (Wildman–Crippen MR) is 73.6 cm³/mol. The van der Waals surface area contributed by atoms with Crippen molar-refractivity contribution in [1.82, 2.24) is 0 Å². The van der Waals surface area contributed by atoms with Crippen LogP contribution < -0.4 is 5.73 Å². The van der Waals surface area contributed by atoms with Gasteiger partial charge in [0.05, 0.1) is 6.10 Å². The molecule has 0 saturated carbocycles. The highest BCUT2D eigenvalue weighted by molar-refractivity contribution is 5.77.